The van der Waals surface area contributed by atoms with Crippen molar-refractivity contribution in [3.8, 4) is 5.69 Å². The number of rotatable bonds is 1. The standard InChI is InChI=1S/C8H6F2N4/c9-5-1-2-7(6(10)3-5)14-4-8(11)12-13-14/h1-4H,11H2. The maximum atomic E-state index is 13.2. The molecule has 0 fully saturated rings. The van der Waals surface area contributed by atoms with Gasteiger partial charge in [-0.3, -0.25) is 0 Å². The topological polar surface area (TPSA) is 56.7 Å². The first kappa shape index (κ1) is 8.61. The van der Waals surface area contributed by atoms with Crippen LogP contribution in [-0.2, 0) is 0 Å². The van der Waals surface area contributed by atoms with Gasteiger partial charge in [0.15, 0.2) is 11.6 Å². The number of benzene rings is 1. The van der Waals surface area contributed by atoms with Gasteiger partial charge in [-0.2, -0.15) is 0 Å². The van der Waals surface area contributed by atoms with E-state index in [1.54, 1.807) is 0 Å². The number of nitrogens with zero attached hydrogens (tertiary/aromatic N) is 3. The van der Waals surface area contributed by atoms with Crippen molar-refractivity contribution in [1.82, 2.24) is 15.0 Å². The predicted octanol–water partition coefficient (Wildman–Crippen LogP) is 1.13. The van der Waals surface area contributed by atoms with E-state index >= 15 is 0 Å². The average molecular weight is 196 g/mol. The van der Waals surface area contributed by atoms with Crippen molar-refractivity contribution in [3.05, 3.63) is 36.0 Å². The average Bonchev–Trinajstić information content (AvgIpc) is 2.51. The third-order valence-electron chi connectivity index (χ3n) is 1.67. The first-order valence-electron chi connectivity index (χ1n) is 3.80. The Morgan fingerprint density at radius 3 is 2.64 bits per heavy atom. The summed E-state index contributed by atoms with van der Waals surface area (Å²) >= 11 is 0. The first-order valence-corrected chi connectivity index (χ1v) is 3.80. The van der Waals surface area contributed by atoms with Crippen molar-refractivity contribution in [2.45, 2.75) is 0 Å². The lowest BCUT2D eigenvalue weighted by atomic mass is 10.3. The van der Waals surface area contributed by atoms with Gasteiger partial charge < -0.3 is 5.73 Å². The molecule has 0 saturated heterocycles. The van der Waals surface area contributed by atoms with Gasteiger partial charge in [0, 0.05) is 6.07 Å². The van der Waals surface area contributed by atoms with Crippen LogP contribution in [0.5, 0.6) is 0 Å². The normalized spacial score (nSPS) is 10.4. The van der Waals surface area contributed by atoms with Gasteiger partial charge in [-0.25, -0.2) is 13.5 Å². The highest BCUT2D eigenvalue weighted by molar-refractivity contribution is 5.35. The third-order valence-corrected chi connectivity index (χ3v) is 1.67. The number of halogens is 2. The Bertz CT molecular complexity index is 466. The maximum Gasteiger partial charge on any atom is 0.166 e. The van der Waals surface area contributed by atoms with Crippen molar-refractivity contribution in [2.24, 2.45) is 0 Å². The van der Waals surface area contributed by atoms with Gasteiger partial charge in [-0.1, -0.05) is 5.21 Å². The zero-order valence-corrected chi connectivity index (χ0v) is 6.98. The van der Waals surface area contributed by atoms with E-state index in [2.05, 4.69) is 10.3 Å². The number of nitrogens with two attached hydrogens (primary N) is 1. The molecule has 1 heterocycles. The second-order valence-electron chi connectivity index (χ2n) is 2.68. The van der Waals surface area contributed by atoms with Crippen LogP contribution in [0.3, 0.4) is 0 Å². The summed E-state index contributed by atoms with van der Waals surface area (Å²) in [5.41, 5.74) is 5.41. The molecule has 2 rings (SSSR count). The van der Waals surface area contributed by atoms with Crippen LogP contribution in [0.25, 0.3) is 5.69 Å². The Morgan fingerprint density at radius 2 is 2.07 bits per heavy atom. The zero-order chi connectivity index (χ0) is 10.1. The van der Waals surface area contributed by atoms with E-state index < -0.39 is 11.6 Å². The highest BCUT2D eigenvalue weighted by atomic mass is 19.1. The molecular weight excluding hydrogens is 190 g/mol. The summed E-state index contributed by atoms with van der Waals surface area (Å²) in [6, 6.07) is 3.17. The molecule has 0 spiro atoms. The van der Waals surface area contributed by atoms with Gasteiger partial charge in [0.05, 0.1) is 6.20 Å². The van der Waals surface area contributed by atoms with E-state index in [0.29, 0.717) is 0 Å². The fourth-order valence-corrected chi connectivity index (χ4v) is 1.06. The Hall–Kier alpha value is -1.98. The molecule has 2 aromatic rings. The SMILES string of the molecule is Nc1cn(-c2ccc(F)cc2F)nn1. The minimum atomic E-state index is -0.713. The molecule has 1 aromatic heterocycles. The van der Waals surface area contributed by atoms with Gasteiger partial charge >= 0.3 is 0 Å². The number of aromatic nitrogens is 3. The summed E-state index contributed by atoms with van der Waals surface area (Å²) in [4.78, 5) is 0. The Kier molecular flexibility index (Phi) is 1.88. The van der Waals surface area contributed by atoms with E-state index in [9.17, 15) is 8.78 Å². The lowest BCUT2D eigenvalue weighted by Crippen LogP contribution is -1.98. The van der Waals surface area contributed by atoms with Gasteiger partial charge in [0.1, 0.15) is 11.5 Å². The highest BCUT2D eigenvalue weighted by Gasteiger charge is 2.07. The molecule has 0 atom stereocenters. The van der Waals surface area contributed by atoms with E-state index in [0.717, 1.165) is 16.8 Å². The molecule has 0 aliphatic carbocycles. The molecule has 0 aliphatic heterocycles. The fourth-order valence-electron chi connectivity index (χ4n) is 1.06. The number of hydrogen-bond acceptors (Lipinski definition) is 3. The van der Waals surface area contributed by atoms with Crippen molar-refractivity contribution in [1.29, 1.82) is 0 Å². The highest BCUT2D eigenvalue weighted by Crippen LogP contribution is 2.13. The molecule has 0 bridgehead atoms. The molecule has 72 valence electrons. The van der Waals surface area contributed by atoms with Gasteiger partial charge in [-0.15, -0.1) is 5.10 Å². The minimum Gasteiger partial charge on any atom is -0.381 e. The van der Waals surface area contributed by atoms with Gasteiger partial charge in [0.2, 0.25) is 0 Å². The zero-order valence-electron chi connectivity index (χ0n) is 6.98. The summed E-state index contributed by atoms with van der Waals surface area (Å²) in [7, 11) is 0. The van der Waals surface area contributed by atoms with E-state index in [4.69, 9.17) is 5.73 Å². The van der Waals surface area contributed by atoms with Gasteiger partial charge in [0.25, 0.3) is 0 Å². The Balaban J connectivity index is 2.52. The van der Waals surface area contributed by atoms with Crippen LogP contribution in [0.15, 0.2) is 24.4 Å². The molecule has 0 amide bonds. The van der Waals surface area contributed by atoms with Crippen LogP contribution < -0.4 is 5.73 Å². The molecule has 0 unspecified atom stereocenters. The first-order chi connectivity index (χ1) is 6.66. The molecule has 6 heteroatoms. The van der Waals surface area contributed by atoms with Crippen molar-refractivity contribution in [2.75, 3.05) is 5.73 Å². The van der Waals surface area contributed by atoms with Crippen LogP contribution in [0.1, 0.15) is 0 Å². The van der Waals surface area contributed by atoms with Crippen LogP contribution in [0.4, 0.5) is 14.6 Å². The number of nitrogen functional groups attached to an aromatic ring is 1. The minimum absolute atomic E-state index is 0.107. The lowest BCUT2D eigenvalue weighted by Gasteiger charge is -2.00. The predicted molar refractivity (Wildman–Crippen MR) is 45.7 cm³/mol. The fraction of sp³-hybridized carbons (Fsp3) is 0. The lowest BCUT2D eigenvalue weighted by molar-refractivity contribution is 0.572. The van der Waals surface area contributed by atoms with Crippen LogP contribution in [0.2, 0.25) is 0 Å². The molecule has 4 nitrogen and oxygen atoms in total. The van der Waals surface area contributed by atoms with E-state index in [-0.39, 0.29) is 11.5 Å². The Morgan fingerprint density at radius 1 is 1.29 bits per heavy atom. The molecule has 0 radical (unpaired) electrons. The summed E-state index contributed by atoms with van der Waals surface area (Å²) in [5, 5.41) is 7.04. The van der Waals surface area contributed by atoms with E-state index in [1.165, 1.54) is 12.3 Å². The summed E-state index contributed by atoms with van der Waals surface area (Å²) < 4.78 is 26.9. The molecular formula is C8H6F2N4. The van der Waals surface area contributed by atoms with Crippen LogP contribution in [-0.4, -0.2) is 15.0 Å². The summed E-state index contributed by atoms with van der Waals surface area (Å²) in [6.07, 6.45) is 1.34. The van der Waals surface area contributed by atoms with E-state index in [1.807, 2.05) is 0 Å². The molecule has 0 saturated carbocycles. The molecule has 2 N–H and O–H groups in total. The van der Waals surface area contributed by atoms with Crippen LogP contribution in [0, 0.1) is 11.6 Å². The molecule has 14 heavy (non-hydrogen) atoms. The molecule has 1 aromatic carbocycles. The summed E-state index contributed by atoms with van der Waals surface area (Å²) in [5.74, 6) is -1.18. The maximum absolute atomic E-state index is 13.2. The van der Waals surface area contributed by atoms with Crippen LogP contribution >= 0.6 is 0 Å². The third kappa shape index (κ3) is 1.41. The number of anilines is 1. The quantitative estimate of drug-likeness (QED) is 0.743. The second kappa shape index (κ2) is 3.06. The second-order valence-corrected chi connectivity index (χ2v) is 2.68. The van der Waals surface area contributed by atoms with Crippen molar-refractivity contribution >= 4 is 5.82 Å². The monoisotopic (exact) mass is 196 g/mol. The summed E-state index contributed by atoms with van der Waals surface area (Å²) in [6.45, 7) is 0. The van der Waals surface area contributed by atoms with Gasteiger partial charge in [-0.05, 0) is 12.1 Å². The molecule has 0 aliphatic rings. The smallest absolute Gasteiger partial charge is 0.166 e. The number of hydrogen-bond donors (Lipinski definition) is 1. The Labute approximate surface area is 78.0 Å². The van der Waals surface area contributed by atoms with Crippen molar-refractivity contribution < 1.29 is 8.78 Å². The largest absolute Gasteiger partial charge is 0.381 e. The van der Waals surface area contributed by atoms with Crippen molar-refractivity contribution in [3.63, 3.8) is 0 Å².